The van der Waals surface area contributed by atoms with Crippen molar-refractivity contribution in [2.75, 3.05) is 11.9 Å². The van der Waals surface area contributed by atoms with Gasteiger partial charge in [-0.15, -0.1) is 0 Å². The predicted molar refractivity (Wildman–Crippen MR) is 76.6 cm³/mol. The zero-order valence-electron chi connectivity index (χ0n) is 10.9. The molecule has 21 heavy (non-hydrogen) atoms. The molecule has 0 saturated heterocycles. The van der Waals surface area contributed by atoms with E-state index in [1.54, 1.807) is 6.92 Å². The van der Waals surface area contributed by atoms with Crippen LogP contribution >= 0.6 is 23.2 Å². The maximum atomic E-state index is 11.8. The van der Waals surface area contributed by atoms with Crippen molar-refractivity contribution in [3.05, 3.63) is 45.6 Å². The molecule has 8 heteroatoms. The Labute approximate surface area is 130 Å². The summed E-state index contributed by atoms with van der Waals surface area (Å²) in [5.41, 5.74) is 0.164. The first kappa shape index (κ1) is 15.3. The fraction of sp³-hybridized carbons (Fsp3) is 0.154. The van der Waals surface area contributed by atoms with E-state index in [-0.39, 0.29) is 11.4 Å². The average molecular weight is 329 g/mol. The number of hydrogen-bond acceptors (Lipinski definition) is 5. The van der Waals surface area contributed by atoms with Gasteiger partial charge in [0.15, 0.2) is 12.4 Å². The summed E-state index contributed by atoms with van der Waals surface area (Å²) in [5, 5.41) is 6.61. The number of halogens is 2. The van der Waals surface area contributed by atoms with E-state index in [2.05, 4.69) is 10.5 Å². The van der Waals surface area contributed by atoms with Crippen LogP contribution < -0.4 is 5.32 Å². The Morgan fingerprint density at radius 3 is 2.48 bits per heavy atom. The minimum Gasteiger partial charge on any atom is -0.452 e. The number of anilines is 1. The minimum absolute atomic E-state index is 0.164. The van der Waals surface area contributed by atoms with Gasteiger partial charge in [-0.25, -0.2) is 4.79 Å². The van der Waals surface area contributed by atoms with Crippen LogP contribution in [0.4, 0.5) is 5.82 Å². The van der Waals surface area contributed by atoms with Crippen molar-refractivity contribution in [3.8, 4) is 0 Å². The summed E-state index contributed by atoms with van der Waals surface area (Å²) in [4.78, 5) is 23.3. The highest BCUT2D eigenvalue weighted by molar-refractivity contribution is 6.35. The lowest BCUT2D eigenvalue weighted by atomic mass is 10.2. The smallest absolute Gasteiger partial charge is 0.338 e. The van der Waals surface area contributed by atoms with Gasteiger partial charge in [-0.1, -0.05) is 28.4 Å². The molecule has 0 bridgehead atoms. The van der Waals surface area contributed by atoms with E-state index in [4.69, 9.17) is 32.5 Å². The van der Waals surface area contributed by atoms with Gasteiger partial charge in [0.05, 0.1) is 5.56 Å². The molecule has 1 aromatic carbocycles. The SMILES string of the molecule is Cc1cc(NC(=O)COC(=O)c2cc(Cl)cc(Cl)c2)no1. The van der Waals surface area contributed by atoms with Crippen molar-refractivity contribution in [2.45, 2.75) is 6.92 Å². The third-order valence-corrected chi connectivity index (χ3v) is 2.76. The van der Waals surface area contributed by atoms with Crippen LogP contribution in [0.25, 0.3) is 0 Å². The fourth-order valence-corrected chi connectivity index (χ4v) is 2.02. The van der Waals surface area contributed by atoms with E-state index in [1.165, 1.54) is 24.3 Å². The topological polar surface area (TPSA) is 81.4 Å². The molecule has 1 N–H and O–H groups in total. The lowest BCUT2D eigenvalue weighted by molar-refractivity contribution is -0.119. The highest BCUT2D eigenvalue weighted by Gasteiger charge is 2.13. The molecule has 0 unspecified atom stereocenters. The molecule has 0 aliphatic carbocycles. The number of hydrogen-bond donors (Lipinski definition) is 1. The first-order valence-electron chi connectivity index (χ1n) is 5.80. The molecule has 0 aliphatic heterocycles. The van der Waals surface area contributed by atoms with Gasteiger partial charge in [-0.2, -0.15) is 0 Å². The van der Waals surface area contributed by atoms with Gasteiger partial charge < -0.3 is 14.6 Å². The normalized spacial score (nSPS) is 10.2. The Morgan fingerprint density at radius 1 is 1.24 bits per heavy atom. The minimum atomic E-state index is -0.703. The maximum Gasteiger partial charge on any atom is 0.338 e. The largest absolute Gasteiger partial charge is 0.452 e. The fourth-order valence-electron chi connectivity index (χ4n) is 1.49. The Morgan fingerprint density at radius 2 is 1.90 bits per heavy atom. The van der Waals surface area contributed by atoms with E-state index < -0.39 is 18.5 Å². The highest BCUT2D eigenvalue weighted by Crippen LogP contribution is 2.19. The van der Waals surface area contributed by atoms with Crippen LogP contribution in [0.3, 0.4) is 0 Å². The van der Waals surface area contributed by atoms with E-state index in [9.17, 15) is 9.59 Å². The third kappa shape index (κ3) is 4.47. The summed E-state index contributed by atoms with van der Waals surface area (Å²) in [6.45, 7) is 1.22. The molecule has 110 valence electrons. The third-order valence-electron chi connectivity index (χ3n) is 2.33. The standard InChI is InChI=1S/C13H10Cl2N2O4/c1-7-2-11(17-21-7)16-12(18)6-20-13(19)8-3-9(14)5-10(15)4-8/h2-5H,6H2,1H3,(H,16,17,18). The number of ether oxygens (including phenoxy) is 1. The number of nitrogens with zero attached hydrogens (tertiary/aromatic N) is 1. The number of esters is 1. The number of aryl methyl sites for hydroxylation is 1. The molecule has 0 fully saturated rings. The summed E-state index contributed by atoms with van der Waals surface area (Å²) in [5.74, 6) is -0.439. The lowest BCUT2D eigenvalue weighted by Gasteiger charge is -2.05. The van der Waals surface area contributed by atoms with Crippen molar-refractivity contribution in [3.63, 3.8) is 0 Å². The molecular weight excluding hydrogens is 319 g/mol. The Hall–Kier alpha value is -2.05. The van der Waals surface area contributed by atoms with Crippen LogP contribution in [0.1, 0.15) is 16.1 Å². The second-order valence-corrected chi connectivity index (χ2v) is 4.98. The quantitative estimate of drug-likeness (QED) is 0.872. The van der Waals surface area contributed by atoms with Crippen LogP contribution in [-0.2, 0) is 9.53 Å². The molecule has 0 atom stereocenters. The number of amides is 1. The van der Waals surface area contributed by atoms with Gasteiger partial charge in [0.2, 0.25) is 0 Å². The number of rotatable bonds is 4. The van der Waals surface area contributed by atoms with Gasteiger partial charge >= 0.3 is 5.97 Å². The first-order chi connectivity index (χ1) is 9.94. The van der Waals surface area contributed by atoms with Crippen LogP contribution in [0.5, 0.6) is 0 Å². The van der Waals surface area contributed by atoms with Crippen molar-refractivity contribution >= 4 is 40.9 Å². The molecule has 2 aromatic rings. The van der Waals surface area contributed by atoms with Gasteiger partial charge in [0.25, 0.3) is 5.91 Å². The number of aromatic nitrogens is 1. The van der Waals surface area contributed by atoms with Gasteiger partial charge in [0, 0.05) is 16.1 Å². The van der Waals surface area contributed by atoms with Crippen molar-refractivity contribution in [1.29, 1.82) is 0 Å². The summed E-state index contributed by atoms with van der Waals surface area (Å²) in [6, 6.07) is 5.82. The van der Waals surface area contributed by atoms with Crippen molar-refractivity contribution < 1.29 is 18.8 Å². The Balaban J connectivity index is 1.90. The van der Waals surface area contributed by atoms with Crippen LogP contribution in [-0.4, -0.2) is 23.6 Å². The summed E-state index contributed by atoms with van der Waals surface area (Å²) >= 11 is 11.6. The van der Waals surface area contributed by atoms with E-state index in [0.717, 1.165) is 0 Å². The molecule has 1 aromatic heterocycles. The second kappa shape index (κ2) is 6.60. The Bertz CT molecular complexity index is 664. The first-order valence-corrected chi connectivity index (χ1v) is 6.56. The van der Waals surface area contributed by atoms with Crippen LogP contribution in [0, 0.1) is 6.92 Å². The molecule has 0 spiro atoms. The second-order valence-electron chi connectivity index (χ2n) is 4.11. The van der Waals surface area contributed by atoms with Gasteiger partial charge in [-0.3, -0.25) is 4.79 Å². The lowest BCUT2D eigenvalue weighted by Crippen LogP contribution is -2.21. The van der Waals surface area contributed by atoms with Crippen molar-refractivity contribution in [2.24, 2.45) is 0 Å². The predicted octanol–water partition coefficient (Wildman–Crippen LogP) is 3.09. The summed E-state index contributed by atoms with van der Waals surface area (Å²) in [7, 11) is 0. The number of benzene rings is 1. The van der Waals surface area contributed by atoms with Crippen LogP contribution in [0.2, 0.25) is 10.0 Å². The van der Waals surface area contributed by atoms with Gasteiger partial charge in [-0.05, 0) is 25.1 Å². The van der Waals surface area contributed by atoms with Crippen molar-refractivity contribution in [1.82, 2.24) is 5.16 Å². The molecular formula is C13H10Cl2N2O4. The zero-order chi connectivity index (χ0) is 15.4. The molecule has 2 rings (SSSR count). The highest BCUT2D eigenvalue weighted by atomic mass is 35.5. The summed E-state index contributed by atoms with van der Waals surface area (Å²) in [6.07, 6.45) is 0. The monoisotopic (exact) mass is 328 g/mol. The summed E-state index contributed by atoms with van der Waals surface area (Å²) < 4.78 is 9.64. The zero-order valence-corrected chi connectivity index (χ0v) is 12.4. The van der Waals surface area contributed by atoms with Gasteiger partial charge in [0.1, 0.15) is 5.76 Å². The molecule has 0 radical (unpaired) electrons. The molecule has 0 saturated carbocycles. The number of carbonyl (C=O) groups is 2. The molecule has 1 amide bonds. The molecule has 0 aliphatic rings. The van der Waals surface area contributed by atoms with E-state index in [1.807, 2.05) is 0 Å². The van der Waals surface area contributed by atoms with E-state index in [0.29, 0.717) is 15.8 Å². The molecule has 1 heterocycles. The van der Waals surface area contributed by atoms with Crippen LogP contribution in [0.15, 0.2) is 28.8 Å². The molecule has 6 nitrogen and oxygen atoms in total. The average Bonchev–Trinajstić information content (AvgIpc) is 2.80. The maximum absolute atomic E-state index is 11.8. The Kier molecular flexibility index (Phi) is 4.82. The van der Waals surface area contributed by atoms with E-state index >= 15 is 0 Å². The number of nitrogens with one attached hydrogen (secondary N) is 1. The number of carbonyl (C=O) groups excluding carboxylic acids is 2.